The molecule has 0 bridgehead atoms. The largest absolute Gasteiger partial charge is 0.369 e. The first-order valence-corrected chi connectivity index (χ1v) is 10.4. The van der Waals surface area contributed by atoms with E-state index in [2.05, 4.69) is 16.1 Å². The van der Waals surface area contributed by atoms with E-state index in [-0.39, 0.29) is 36.2 Å². The lowest BCUT2D eigenvalue weighted by atomic mass is 9.85. The molecule has 2 atom stereocenters. The van der Waals surface area contributed by atoms with Gasteiger partial charge in [0, 0.05) is 18.4 Å². The van der Waals surface area contributed by atoms with Gasteiger partial charge in [-0.3, -0.25) is 19.7 Å². The van der Waals surface area contributed by atoms with Gasteiger partial charge >= 0.3 is 0 Å². The minimum atomic E-state index is -0.209. The first-order chi connectivity index (χ1) is 12.6. The van der Waals surface area contributed by atoms with Gasteiger partial charge < -0.3 is 11.1 Å². The average molecular weight is 367 g/mol. The highest BCUT2D eigenvalue weighted by Gasteiger charge is 2.31. The van der Waals surface area contributed by atoms with E-state index in [1.165, 1.54) is 32.1 Å². The fourth-order valence-corrected chi connectivity index (χ4v) is 4.54. The van der Waals surface area contributed by atoms with Crippen LogP contribution in [0.2, 0.25) is 0 Å². The standard InChI is InChI=1S/C19H34N4O3/c20-18(25)13-9-11-15(12-10-13)21-16(24)7-4-8-17-22-19(23-26-17)14-5-2-1-3-6-14/h13-15,17,19,22-23H,1-12H2,(H2,20,25)(H,21,24). The van der Waals surface area contributed by atoms with Crippen molar-refractivity contribution in [1.82, 2.24) is 16.1 Å². The number of primary amides is 1. The number of amides is 2. The van der Waals surface area contributed by atoms with Crippen molar-refractivity contribution in [3.05, 3.63) is 0 Å². The number of hydrogen-bond acceptors (Lipinski definition) is 5. The molecule has 0 spiro atoms. The Labute approximate surface area is 156 Å². The molecule has 7 heteroatoms. The summed E-state index contributed by atoms with van der Waals surface area (Å²) in [6.45, 7) is 0. The predicted octanol–water partition coefficient (Wildman–Crippen LogP) is 1.67. The lowest BCUT2D eigenvalue weighted by Crippen LogP contribution is -2.41. The molecule has 2 saturated carbocycles. The molecule has 3 rings (SSSR count). The minimum absolute atomic E-state index is 0.000678. The third kappa shape index (κ3) is 5.66. The molecular weight excluding hydrogens is 332 g/mol. The first-order valence-electron chi connectivity index (χ1n) is 10.4. The predicted molar refractivity (Wildman–Crippen MR) is 98.4 cm³/mol. The summed E-state index contributed by atoms with van der Waals surface area (Å²) < 4.78 is 0. The third-order valence-corrected chi connectivity index (χ3v) is 6.19. The average Bonchev–Trinajstić information content (AvgIpc) is 3.12. The summed E-state index contributed by atoms with van der Waals surface area (Å²) >= 11 is 0. The van der Waals surface area contributed by atoms with Crippen molar-refractivity contribution in [3.63, 3.8) is 0 Å². The lowest BCUT2D eigenvalue weighted by molar-refractivity contribution is -0.123. The van der Waals surface area contributed by atoms with Crippen LogP contribution in [0, 0.1) is 11.8 Å². The number of rotatable bonds is 7. The van der Waals surface area contributed by atoms with Gasteiger partial charge in [-0.15, -0.1) is 0 Å². The van der Waals surface area contributed by atoms with Crippen LogP contribution in [0.25, 0.3) is 0 Å². The zero-order valence-corrected chi connectivity index (χ0v) is 15.7. The Bertz CT molecular complexity index is 473. The molecule has 0 aromatic carbocycles. The first kappa shape index (κ1) is 19.6. The van der Waals surface area contributed by atoms with Crippen molar-refractivity contribution in [2.45, 2.75) is 95.5 Å². The van der Waals surface area contributed by atoms with Gasteiger partial charge in [0.25, 0.3) is 0 Å². The molecule has 5 N–H and O–H groups in total. The molecule has 1 saturated heterocycles. The van der Waals surface area contributed by atoms with Crippen LogP contribution in [0.3, 0.4) is 0 Å². The summed E-state index contributed by atoms with van der Waals surface area (Å²) in [6, 6.07) is 0.191. The van der Waals surface area contributed by atoms with Gasteiger partial charge in [0.05, 0.1) is 6.17 Å². The SMILES string of the molecule is NC(=O)C1CCC(NC(=O)CCCC2NC(C3CCCCC3)NO2)CC1. The highest BCUT2D eigenvalue weighted by molar-refractivity contribution is 5.77. The Morgan fingerprint density at radius 2 is 1.77 bits per heavy atom. The van der Waals surface area contributed by atoms with Gasteiger partial charge in [0.2, 0.25) is 11.8 Å². The molecular formula is C19H34N4O3. The third-order valence-electron chi connectivity index (χ3n) is 6.19. The fourth-order valence-electron chi connectivity index (χ4n) is 4.54. The van der Waals surface area contributed by atoms with E-state index >= 15 is 0 Å². The summed E-state index contributed by atoms with van der Waals surface area (Å²) in [5.74, 6) is 0.534. The number of carbonyl (C=O) groups excluding carboxylic acids is 2. The van der Waals surface area contributed by atoms with E-state index in [1.807, 2.05) is 0 Å². The number of nitrogens with one attached hydrogen (secondary N) is 3. The smallest absolute Gasteiger partial charge is 0.220 e. The molecule has 2 unspecified atom stereocenters. The van der Waals surface area contributed by atoms with Crippen LogP contribution in [0.15, 0.2) is 0 Å². The number of hydroxylamine groups is 1. The van der Waals surface area contributed by atoms with Gasteiger partial charge in [-0.05, 0) is 57.3 Å². The van der Waals surface area contributed by atoms with E-state index in [9.17, 15) is 9.59 Å². The molecule has 2 amide bonds. The molecule has 0 aromatic rings. The van der Waals surface area contributed by atoms with Gasteiger partial charge in [-0.25, -0.2) is 0 Å². The van der Waals surface area contributed by atoms with Gasteiger partial charge in [-0.2, -0.15) is 5.48 Å². The Morgan fingerprint density at radius 3 is 2.46 bits per heavy atom. The topological polar surface area (TPSA) is 105 Å². The van der Waals surface area contributed by atoms with Crippen LogP contribution < -0.4 is 21.8 Å². The van der Waals surface area contributed by atoms with Crippen LogP contribution in [-0.2, 0) is 14.4 Å². The monoisotopic (exact) mass is 366 g/mol. The van der Waals surface area contributed by atoms with Gasteiger partial charge in [-0.1, -0.05) is 19.3 Å². The lowest BCUT2D eigenvalue weighted by Gasteiger charge is -2.27. The van der Waals surface area contributed by atoms with Crippen molar-refractivity contribution >= 4 is 11.8 Å². The highest BCUT2D eigenvalue weighted by atomic mass is 16.7. The molecule has 26 heavy (non-hydrogen) atoms. The molecule has 0 aromatic heterocycles. The van der Waals surface area contributed by atoms with Crippen LogP contribution in [-0.4, -0.2) is 30.2 Å². The number of carbonyl (C=O) groups is 2. The Balaban J connectivity index is 1.27. The normalized spacial score (nSPS) is 33.1. The molecule has 1 aliphatic heterocycles. The molecule has 7 nitrogen and oxygen atoms in total. The summed E-state index contributed by atoms with van der Waals surface area (Å²) in [5.41, 5.74) is 8.49. The molecule has 3 aliphatic rings. The molecule has 0 radical (unpaired) electrons. The zero-order chi connectivity index (χ0) is 18.4. The van der Waals surface area contributed by atoms with Crippen molar-refractivity contribution < 1.29 is 14.4 Å². The fraction of sp³-hybridized carbons (Fsp3) is 0.895. The summed E-state index contributed by atoms with van der Waals surface area (Å²) in [6.07, 6.45) is 12.2. The Morgan fingerprint density at radius 1 is 1.04 bits per heavy atom. The van der Waals surface area contributed by atoms with Gasteiger partial charge in [0.1, 0.15) is 6.23 Å². The second kappa shape index (κ2) is 9.67. The number of hydrogen-bond donors (Lipinski definition) is 4. The van der Waals surface area contributed by atoms with E-state index in [1.54, 1.807) is 0 Å². The van der Waals surface area contributed by atoms with Gasteiger partial charge in [0.15, 0.2) is 0 Å². The molecule has 1 heterocycles. The quantitative estimate of drug-likeness (QED) is 0.548. The van der Waals surface area contributed by atoms with E-state index in [0.29, 0.717) is 12.3 Å². The van der Waals surface area contributed by atoms with Crippen molar-refractivity contribution in [1.29, 1.82) is 0 Å². The zero-order valence-electron chi connectivity index (χ0n) is 15.7. The second-order valence-electron chi connectivity index (χ2n) is 8.18. The summed E-state index contributed by atoms with van der Waals surface area (Å²) in [7, 11) is 0. The maximum atomic E-state index is 12.1. The molecule has 3 fully saturated rings. The Kier molecular flexibility index (Phi) is 7.28. The minimum Gasteiger partial charge on any atom is -0.369 e. The van der Waals surface area contributed by atoms with E-state index in [0.717, 1.165) is 38.5 Å². The summed E-state index contributed by atoms with van der Waals surface area (Å²) in [5, 5.41) is 6.62. The van der Waals surface area contributed by atoms with Crippen molar-refractivity contribution in [2.24, 2.45) is 17.6 Å². The number of nitrogens with two attached hydrogens (primary N) is 1. The maximum Gasteiger partial charge on any atom is 0.220 e. The molecule has 148 valence electrons. The van der Waals surface area contributed by atoms with E-state index in [4.69, 9.17) is 10.6 Å². The van der Waals surface area contributed by atoms with Crippen LogP contribution >= 0.6 is 0 Å². The van der Waals surface area contributed by atoms with Crippen LogP contribution in [0.5, 0.6) is 0 Å². The van der Waals surface area contributed by atoms with Crippen LogP contribution in [0.1, 0.15) is 77.0 Å². The maximum absolute atomic E-state index is 12.1. The van der Waals surface area contributed by atoms with E-state index < -0.39 is 0 Å². The molecule has 2 aliphatic carbocycles. The Hall–Kier alpha value is -1.18. The van der Waals surface area contributed by atoms with Crippen LogP contribution in [0.4, 0.5) is 0 Å². The highest BCUT2D eigenvalue weighted by Crippen LogP contribution is 2.27. The van der Waals surface area contributed by atoms with Crippen molar-refractivity contribution in [3.8, 4) is 0 Å². The van der Waals surface area contributed by atoms with Crippen molar-refractivity contribution in [2.75, 3.05) is 0 Å². The second-order valence-corrected chi connectivity index (χ2v) is 8.18. The summed E-state index contributed by atoms with van der Waals surface area (Å²) in [4.78, 5) is 29.0.